The maximum absolute atomic E-state index is 10.6. The highest BCUT2D eigenvalue weighted by Crippen LogP contribution is 2.16. The average Bonchev–Trinajstić information content (AvgIpc) is 2.05. The summed E-state index contributed by atoms with van der Waals surface area (Å²) < 4.78 is 0. The van der Waals surface area contributed by atoms with Gasteiger partial charge in [-0.2, -0.15) is 0 Å². The van der Waals surface area contributed by atoms with Gasteiger partial charge in [-0.05, 0) is 12.3 Å². The van der Waals surface area contributed by atoms with E-state index < -0.39 is 0 Å². The van der Waals surface area contributed by atoms with Gasteiger partial charge in [0.15, 0.2) is 0 Å². The maximum atomic E-state index is 10.6. The zero-order chi connectivity index (χ0) is 8.69. The van der Waals surface area contributed by atoms with E-state index in [2.05, 4.69) is 13.5 Å². The summed E-state index contributed by atoms with van der Waals surface area (Å²) in [5.74, 6) is 0.520. The topological polar surface area (TPSA) is 17.1 Å². The van der Waals surface area contributed by atoms with Crippen molar-refractivity contribution >= 4 is 6.29 Å². The Morgan fingerprint density at radius 1 is 1.55 bits per heavy atom. The summed E-state index contributed by atoms with van der Waals surface area (Å²) in [6.45, 7) is 7.86. The van der Waals surface area contributed by atoms with E-state index in [0.717, 1.165) is 25.5 Å². The number of carbonyl (C=O) groups excluding carboxylic acids is 1. The molecule has 0 aliphatic carbocycles. The molecule has 0 bridgehead atoms. The molecule has 0 amide bonds. The normalized spacial score (nSPS) is 15.5. The minimum atomic E-state index is 0.187. The third-order valence-corrected chi connectivity index (χ3v) is 2.11. The van der Waals surface area contributed by atoms with Gasteiger partial charge in [0.1, 0.15) is 6.29 Å². The summed E-state index contributed by atoms with van der Waals surface area (Å²) in [6.07, 6.45) is 6.22. The summed E-state index contributed by atoms with van der Waals surface area (Å²) >= 11 is 0. The number of carbonyl (C=O) groups is 1. The van der Waals surface area contributed by atoms with Crippen LogP contribution in [0.3, 0.4) is 0 Å². The van der Waals surface area contributed by atoms with Gasteiger partial charge < -0.3 is 4.79 Å². The first-order chi connectivity index (χ1) is 5.26. The van der Waals surface area contributed by atoms with E-state index in [-0.39, 0.29) is 5.92 Å². The van der Waals surface area contributed by atoms with Crippen molar-refractivity contribution in [2.45, 2.75) is 33.1 Å². The van der Waals surface area contributed by atoms with Gasteiger partial charge in [0.2, 0.25) is 0 Å². The SMILES string of the molecule is C=C[C@@H](C)[C@H](C=O)CCCC. The van der Waals surface area contributed by atoms with Crippen molar-refractivity contribution < 1.29 is 4.79 Å². The summed E-state index contributed by atoms with van der Waals surface area (Å²) in [5.41, 5.74) is 0. The Labute approximate surface area is 69.5 Å². The summed E-state index contributed by atoms with van der Waals surface area (Å²) in [7, 11) is 0. The first kappa shape index (κ1) is 10.4. The van der Waals surface area contributed by atoms with Crippen molar-refractivity contribution in [3.63, 3.8) is 0 Å². The second-order valence-corrected chi connectivity index (χ2v) is 3.04. The lowest BCUT2D eigenvalue weighted by molar-refractivity contribution is -0.112. The van der Waals surface area contributed by atoms with Crippen LogP contribution in [0.5, 0.6) is 0 Å². The van der Waals surface area contributed by atoms with E-state index in [0.29, 0.717) is 5.92 Å². The molecule has 1 heteroatoms. The highest BCUT2D eigenvalue weighted by molar-refractivity contribution is 5.54. The molecule has 0 heterocycles. The highest BCUT2D eigenvalue weighted by atomic mass is 16.1. The van der Waals surface area contributed by atoms with Crippen molar-refractivity contribution in [2.24, 2.45) is 11.8 Å². The molecule has 0 aliphatic heterocycles. The molecule has 0 radical (unpaired) electrons. The average molecular weight is 154 g/mol. The van der Waals surface area contributed by atoms with Crippen molar-refractivity contribution in [3.05, 3.63) is 12.7 Å². The lowest BCUT2D eigenvalue weighted by atomic mass is 9.91. The quantitative estimate of drug-likeness (QED) is 0.424. The van der Waals surface area contributed by atoms with Gasteiger partial charge in [0.25, 0.3) is 0 Å². The van der Waals surface area contributed by atoms with Gasteiger partial charge in [-0.1, -0.05) is 32.8 Å². The lowest BCUT2D eigenvalue weighted by Crippen LogP contribution is -2.10. The van der Waals surface area contributed by atoms with Gasteiger partial charge >= 0.3 is 0 Å². The van der Waals surface area contributed by atoms with Crippen molar-refractivity contribution in [1.29, 1.82) is 0 Å². The van der Waals surface area contributed by atoms with Crippen LogP contribution in [0.15, 0.2) is 12.7 Å². The van der Waals surface area contributed by atoms with Crippen LogP contribution in [0, 0.1) is 11.8 Å². The predicted octanol–water partition coefficient (Wildman–Crippen LogP) is 2.81. The van der Waals surface area contributed by atoms with Gasteiger partial charge in [-0.25, -0.2) is 0 Å². The molecular formula is C10H18O. The minimum Gasteiger partial charge on any atom is -0.303 e. The first-order valence-electron chi connectivity index (χ1n) is 4.34. The van der Waals surface area contributed by atoms with Crippen LogP contribution >= 0.6 is 0 Å². The predicted molar refractivity (Wildman–Crippen MR) is 48.4 cm³/mol. The van der Waals surface area contributed by atoms with Crippen LogP contribution in [0.4, 0.5) is 0 Å². The fraction of sp³-hybridized carbons (Fsp3) is 0.700. The largest absolute Gasteiger partial charge is 0.303 e. The van der Waals surface area contributed by atoms with Crippen LogP contribution < -0.4 is 0 Å². The fourth-order valence-corrected chi connectivity index (χ4v) is 1.07. The molecule has 0 aromatic rings. The number of hydrogen-bond donors (Lipinski definition) is 0. The Morgan fingerprint density at radius 3 is 2.55 bits per heavy atom. The maximum Gasteiger partial charge on any atom is 0.123 e. The number of aldehydes is 1. The minimum absolute atomic E-state index is 0.187. The fourth-order valence-electron chi connectivity index (χ4n) is 1.07. The molecule has 2 atom stereocenters. The molecular weight excluding hydrogens is 136 g/mol. The molecule has 0 aromatic carbocycles. The summed E-state index contributed by atoms with van der Waals surface area (Å²) in [4.78, 5) is 10.6. The number of hydrogen-bond acceptors (Lipinski definition) is 1. The molecule has 64 valence electrons. The van der Waals surface area contributed by atoms with Crippen LogP contribution in [-0.4, -0.2) is 6.29 Å². The van der Waals surface area contributed by atoms with E-state index in [9.17, 15) is 4.79 Å². The Balaban J connectivity index is 3.73. The Kier molecular flexibility index (Phi) is 5.81. The zero-order valence-corrected chi connectivity index (χ0v) is 7.55. The first-order valence-corrected chi connectivity index (χ1v) is 4.34. The zero-order valence-electron chi connectivity index (χ0n) is 7.55. The van der Waals surface area contributed by atoms with Gasteiger partial charge in [-0.3, -0.25) is 0 Å². The van der Waals surface area contributed by atoms with Gasteiger partial charge in [0.05, 0.1) is 0 Å². The molecule has 0 aliphatic rings. The Hall–Kier alpha value is -0.590. The summed E-state index contributed by atoms with van der Waals surface area (Å²) in [5, 5.41) is 0. The molecule has 0 fully saturated rings. The van der Waals surface area contributed by atoms with E-state index in [4.69, 9.17) is 0 Å². The molecule has 0 spiro atoms. The Bertz CT molecular complexity index is 118. The molecule has 0 unspecified atom stereocenters. The molecule has 0 rings (SSSR count). The van der Waals surface area contributed by atoms with Gasteiger partial charge in [-0.15, -0.1) is 6.58 Å². The number of rotatable bonds is 6. The van der Waals surface area contributed by atoms with Crippen molar-refractivity contribution in [1.82, 2.24) is 0 Å². The molecule has 1 nitrogen and oxygen atoms in total. The van der Waals surface area contributed by atoms with Gasteiger partial charge in [0, 0.05) is 5.92 Å². The number of allylic oxidation sites excluding steroid dienone is 1. The van der Waals surface area contributed by atoms with Crippen LogP contribution in [0.25, 0.3) is 0 Å². The smallest absolute Gasteiger partial charge is 0.123 e. The summed E-state index contributed by atoms with van der Waals surface area (Å²) in [6, 6.07) is 0. The van der Waals surface area contributed by atoms with Crippen LogP contribution in [0.1, 0.15) is 33.1 Å². The number of unbranched alkanes of at least 4 members (excludes halogenated alkanes) is 1. The van der Waals surface area contributed by atoms with Crippen LogP contribution in [0.2, 0.25) is 0 Å². The molecule has 11 heavy (non-hydrogen) atoms. The third kappa shape index (κ3) is 3.97. The monoisotopic (exact) mass is 154 g/mol. The molecule has 0 N–H and O–H groups in total. The highest BCUT2D eigenvalue weighted by Gasteiger charge is 2.11. The second kappa shape index (κ2) is 6.14. The van der Waals surface area contributed by atoms with Crippen LogP contribution in [-0.2, 0) is 4.79 Å². The Morgan fingerprint density at radius 2 is 2.18 bits per heavy atom. The molecule has 0 saturated carbocycles. The van der Waals surface area contributed by atoms with Crippen molar-refractivity contribution in [2.75, 3.05) is 0 Å². The van der Waals surface area contributed by atoms with E-state index >= 15 is 0 Å². The van der Waals surface area contributed by atoms with E-state index in [1.54, 1.807) is 0 Å². The van der Waals surface area contributed by atoms with Crippen molar-refractivity contribution in [3.8, 4) is 0 Å². The lowest BCUT2D eigenvalue weighted by Gasteiger charge is -2.13. The third-order valence-electron chi connectivity index (χ3n) is 2.11. The second-order valence-electron chi connectivity index (χ2n) is 3.04. The van der Waals surface area contributed by atoms with E-state index in [1.807, 2.05) is 13.0 Å². The molecule has 0 saturated heterocycles. The molecule has 0 aromatic heterocycles. The van der Waals surface area contributed by atoms with E-state index in [1.165, 1.54) is 0 Å². The standard InChI is InChI=1S/C10H18O/c1-4-6-7-10(8-11)9(3)5-2/h5,8-10H,2,4,6-7H2,1,3H3/t9-,10+/m1/s1.